The van der Waals surface area contributed by atoms with Crippen molar-refractivity contribution in [1.29, 1.82) is 0 Å². The Bertz CT molecular complexity index is 294. The van der Waals surface area contributed by atoms with Crippen LogP contribution in [-0.2, 0) is 0 Å². The lowest BCUT2D eigenvalue weighted by molar-refractivity contribution is 0.291. The third-order valence-electron chi connectivity index (χ3n) is 1.65. The van der Waals surface area contributed by atoms with Crippen LogP contribution in [0.4, 0.5) is 0 Å². The van der Waals surface area contributed by atoms with Gasteiger partial charge in [-0.2, -0.15) is 0 Å². The van der Waals surface area contributed by atoms with Gasteiger partial charge in [0.2, 0.25) is 5.88 Å². The molecule has 0 aromatic carbocycles. The highest BCUT2D eigenvalue weighted by Crippen LogP contribution is 2.32. The highest BCUT2D eigenvalue weighted by molar-refractivity contribution is 7.80. The van der Waals surface area contributed by atoms with Gasteiger partial charge in [0.05, 0.1) is 5.38 Å². The van der Waals surface area contributed by atoms with E-state index >= 15 is 0 Å². The van der Waals surface area contributed by atoms with Crippen molar-refractivity contribution >= 4 is 24.2 Å². The summed E-state index contributed by atoms with van der Waals surface area (Å²) in [6.07, 6.45) is 2.73. The number of thiol groups is 1. The Morgan fingerprint density at radius 2 is 2.42 bits per heavy atom. The predicted molar refractivity (Wildman–Crippen MR) is 50.2 cm³/mol. The first kappa shape index (κ1) is 8.20. The van der Waals surface area contributed by atoms with Gasteiger partial charge in [-0.05, 0) is 6.07 Å². The van der Waals surface area contributed by atoms with Crippen molar-refractivity contribution in [3.63, 3.8) is 0 Å². The average Bonchev–Trinajstić information content (AvgIpc) is 2.66. The maximum absolute atomic E-state index is 5.77. The summed E-state index contributed by atoms with van der Waals surface area (Å²) in [5.41, 5.74) is 0. The minimum atomic E-state index is 0.147. The summed E-state index contributed by atoms with van der Waals surface area (Å²) in [7, 11) is 0. The molecule has 1 aliphatic carbocycles. The summed E-state index contributed by atoms with van der Waals surface area (Å²) in [6, 6.07) is 3.59. The van der Waals surface area contributed by atoms with Crippen molar-refractivity contribution in [2.45, 2.75) is 22.8 Å². The van der Waals surface area contributed by atoms with Crippen molar-refractivity contribution in [3.8, 4) is 5.88 Å². The molecule has 12 heavy (non-hydrogen) atoms. The summed E-state index contributed by atoms with van der Waals surface area (Å²) in [5.74, 6) is 0.607. The van der Waals surface area contributed by atoms with Crippen LogP contribution in [0.3, 0.4) is 0 Å². The van der Waals surface area contributed by atoms with E-state index in [0.717, 1.165) is 11.3 Å². The number of nitrogens with zero attached hydrogens (tertiary/aromatic N) is 1. The second-order valence-corrected chi connectivity index (χ2v) is 3.84. The minimum Gasteiger partial charge on any atom is -0.473 e. The van der Waals surface area contributed by atoms with Crippen molar-refractivity contribution in [1.82, 2.24) is 4.98 Å². The molecule has 0 bridgehead atoms. The lowest BCUT2D eigenvalue weighted by atomic mass is 10.5. The fourth-order valence-electron chi connectivity index (χ4n) is 0.884. The van der Waals surface area contributed by atoms with Crippen molar-refractivity contribution in [2.24, 2.45) is 0 Å². The van der Waals surface area contributed by atoms with Gasteiger partial charge in [-0.1, -0.05) is 0 Å². The molecule has 0 spiro atoms. The molecule has 1 heterocycles. The zero-order chi connectivity index (χ0) is 8.55. The Morgan fingerprint density at radius 1 is 1.67 bits per heavy atom. The maximum atomic E-state index is 5.77. The molecular formula is C8H8ClNOS. The molecule has 2 atom stereocenters. The quantitative estimate of drug-likeness (QED) is 0.585. The molecule has 2 rings (SSSR count). The van der Waals surface area contributed by atoms with E-state index in [2.05, 4.69) is 17.6 Å². The van der Waals surface area contributed by atoms with Crippen LogP contribution >= 0.6 is 24.2 Å². The second kappa shape index (κ2) is 3.15. The van der Waals surface area contributed by atoms with Crippen LogP contribution in [0, 0.1) is 0 Å². The van der Waals surface area contributed by atoms with Crippen LogP contribution in [0.2, 0.25) is 0 Å². The minimum absolute atomic E-state index is 0.147. The molecule has 0 aliphatic heterocycles. The highest BCUT2D eigenvalue weighted by atomic mass is 35.5. The van der Waals surface area contributed by atoms with Gasteiger partial charge in [0.1, 0.15) is 6.10 Å². The monoisotopic (exact) mass is 201 g/mol. The number of pyridine rings is 1. The van der Waals surface area contributed by atoms with Gasteiger partial charge in [0.25, 0.3) is 0 Å². The zero-order valence-electron chi connectivity index (χ0n) is 6.27. The molecule has 1 saturated carbocycles. The first-order chi connectivity index (χ1) is 5.75. The van der Waals surface area contributed by atoms with Crippen molar-refractivity contribution < 1.29 is 4.74 Å². The molecule has 0 N–H and O–H groups in total. The van der Waals surface area contributed by atoms with Gasteiger partial charge in [0.15, 0.2) is 0 Å². The van der Waals surface area contributed by atoms with E-state index in [1.165, 1.54) is 0 Å². The van der Waals surface area contributed by atoms with E-state index in [4.69, 9.17) is 16.3 Å². The van der Waals surface area contributed by atoms with Crippen LogP contribution in [0.15, 0.2) is 23.2 Å². The second-order valence-electron chi connectivity index (χ2n) is 2.76. The van der Waals surface area contributed by atoms with Crippen LogP contribution in [0.25, 0.3) is 0 Å². The first-order valence-electron chi connectivity index (χ1n) is 3.71. The predicted octanol–water partition coefficient (Wildman–Crippen LogP) is 2.13. The van der Waals surface area contributed by atoms with E-state index in [9.17, 15) is 0 Å². The molecule has 0 radical (unpaired) electrons. The maximum Gasteiger partial charge on any atom is 0.214 e. The van der Waals surface area contributed by atoms with Crippen LogP contribution in [-0.4, -0.2) is 16.5 Å². The number of aromatic nitrogens is 1. The largest absolute Gasteiger partial charge is 0.473 e. The number of halogens is 1. The zero-order valence-corrected chi connectivity index (χ0v) is 7.92. The standard InChI is InChI=1S/C8H8ClNOS/c9-6-4-7(6)11-8-3-5(12)1-2-10-8/h1-3,6-7H,4H2,(H,10,12). The van der Waals surface area contributed by atoms with Gasteiger partial charge in [-0.25, -0.2) is 4.98 Å². The summed E-state index contributed by atoms with van der Waals surface area (Å²) >= 11 is 9.94. The molecule has 2 nitrogen and oxygen atoms in total. The van der Waals surface area contributed by atoms with E-state index in [1.54, 1.807) is 18.3 Å². The van der Waals surface area contributed by atoms with Crippen molar-refractivity contribution in [3.05, 3.63) is 18.3 Å². The number of hydrogen-bond donors (Lipinski definition) is 1. The van der Waals surface area contributed by atoms with E-state index in [1.807, 2.05) is 0 Å². The molecule has 4 heteroatoms. The molecule has 64 valence electrons. The van der Waals surface area contributed by atoms with Crippen molar-refractivity contribution in [2.75, 3.05) is 0 Å². The molecule has 1 fully saturated rings. The third-order valence-corrected chi connectivity index (χ3v) is 2.39. The number of ether oxygens (including phenoxy) is 1. The Balaban J connectivity index is 2.03. The summed E-state index contributed by atoms with van der Waals surface area (Å²) in [4.78, 5) is 4.88. The average molecular weight is 202 g/mol. The molecule has 1 aliphatic rings. The fraction of sp³-hybridized carbons (Fsp3) is 0.375. The molecular weight excluding hydrogens is 194 g/mol. The molecule has 1 aromatic heterocycles. The first-order valence-corrected chi connectivity index (χ1v) is 4.60. The van der Waals surface area contributed by atoms with Crippen LogP contribution in [0.1, 0.15) is 6.42 Å². The van der Waals surface area contributed by atoms with Crippen LogP contribution < -0.4 is 4.74 Å². The van der Waals surface area contributed by atoms with Gasteiger partial charge >= 0.3 is 0 Å². The normalized spacial score (nSPS) is 26.8. The SMILES string of the molecule is Sc1ccnc(OC2CC2Cl)c1. The number of rotatable bonds is 2. The van der Waals surface area contributed by atoms with Crippen LogP contribution in [0.5, 0.6) is 5.88 Å². The summed E-state index contributed by atoms with van der Waals surface area (Å²) < 4.78 is 5.43. The van der Waals surface area contributed by atoms with Gasteiger partial charge in [-0.15, -0.1) is 24.2 Å². The highest BCUT2D eigenvalue weighted by Gasteiger charge is 2.38. The fourth-order valence-corrected chi connectivity index (χ4v) is 1.29. The number of alkyl halides is 1. The number of hydrogen-bond acceptors (Lipinski definition) is 3. The van der Waals surface area contributed by atoms with Gasteiger partial charge < -0.3 is 4.74 Å². The van der Waals surface area contributed by atoms with Gasteiger partial charge in [-0.3, -0.25) is 0 Å². The van der Waals surface area contributed by atoms with Gasteiger partial charge in [0, 0.05) is 23.6 Å². The molecule has 1 aromatic rings. The molecule has 2 unspecified atom stereocenters. The Morgan fingerprint density at radius 3 is 3.00 bits per heavy atom. The molecule has 0 amide bonds. The lowest BCUT2D eigenvalue weighted by Crippen LogP contribution is -2.00. The summed E-state index contributed by atoms with van der Waals surface area (Å²) in [5, 5.41) is 0.162. The Kier molecular flexibility index (Phi) is 2.15. The van der Waals surface area contributed by atoms with E-state index in [-0.39, 0.29) is 11.5 Å². The molecule has 0 saturated heterocycles. The van der Waals surface area contributed by atoms with E-state index < -0.39 is 0 Å². The summed E-state index contributed by atoms with van der Waals surface area (Å²) in [6.45, 7) is 0. The van der Waals surface area contributed by atoms with E-state index in [0.29, 0.717) is 5.88 Å². The smallest absolute Gasteiger partial charge is 0.214 e. The lowest BCUT2D eigenvalue weighted by Gasteiger charge is -2.02. The third kappa shape index (κ3) is 1.84. The Labute approximate surface area is 81.3 Å². The Hall–Kier alpha value is -0.410. The topological polar surface area (TPSA) is 22.1 Å².